The maximum atomic E-state index is 13.7. The Morgan fingerprint density at radius 2 is 1.95 bits per heavy atom. The lowest BCUT2D eigenvalue weighted by atomic mass is 10.2. The van der Waals surface area contributed by atoms with E-state index in [1.807, 2.05) is 36.6 Å². The van der Waals surface area contributed by atoms with Crippen LogP contribution >= 0.6 is 23.2 Å². The predicted octanol–water partition coefficient (Wildman–Crippen LogP) is 5.43. The van der Waals surface area contributed by atoms with E-state index in [0.29, 0.717) is 16.5 Å². The molecular formula is C16H13Cl2FN2. The Bertz CT molecular complexity index is 804. The van der Waals surface area contributed by atoms with Crippen LogP contribution in [0.15, 0.2) is 36.4 Å². The van der Waals surface area contributed by atoms with Gasteiger partial charge in [-0.05, 0) is 55.8 Å². The van der Waals surface area contributed by atoms with Gasteiger partial charge < -0.3 is 0 Å². The zero-order valence-corrected chi connectivity index (χ0v) is 13.1. The SMILES string of the molecule is Cc1cc(F)cc(-n2c(C(C)Cl)nc3ccc(Cl)cc32)c1. The van der Waals surface area contributed by atoms with Crippen molar-refractivity contribution in [2.24, 2.45) is 0 Å². The van der Waals surface area contributed by atoms with E-state index in [1.165, 1.54) is 12.1 Å². The Balaban J connectivity index is 2.38. The van der Waals surface area contributed by atoms with Crippen LogP contribution in [0.3, 0.4) is 0 Å². The second kappa shape index (κ2) is 5.32. The van der Waals surface area contributed by atoms with Crippen molar-refractivity contribution in [3.05, 3.63) is 58.6 Å². The Kier molecular flexibility index (Phi) is 3.64. The first-order valence-corrected chi connectivity index (χ1v) is 7.36. The number of aryl methyl sites for hydroxylation is 1. The smallest absolute Gasteiger partial charge is 0.132 e. The third kappa shape index (κ3) is 2.63. The lowest BCUT2D eigenvalue weighted by Gasteiger charge is -2.11. The molecule has 0 bridgehead atoms. The molecule has 1 heterocycles. The molecule has 2 aromatic carbocycles. The topological polar surface area (TPSA) is 17.8 Å². The van der Waals surface area contributed by atoms with Crippen LogP contribution in [-0.4, -0.2) is 9.55 Å². The zero-order valence-electron chi connectivity index (χ0n) is 11.6. The van der Waals surface area contributed by atoms with Crippen molar-refractivity contribution in [1.82, 2.24) is 9.55 Å². The molecule has 3 aromatic rings. The maximum Gasteiger partial charge on any atom is 0.132 e. The van der Waals surface area contributed by atoms with Crippen LogP contribution in [0.5, 0.6) is 0 Å². The van der Waals surface area contributed by atoms with Gasteiger partial charge in [0.1, 0.15) is 11.6 Å². The number of benzene rings is 2. The highest BCUT2D eigenvalue weighted by molar-refractivity contribution is 6.31. The van der Waals surface area contributed by atoms with Gasteiger partial charge in [-0.2, -0.15) is 0 Å². The van der Waals surface area contributed by atoms with Gasteiger partial charge in [0.25, 0.3) is 0 Å². The van der Waals surface area contributed by atoms with Gasteiger partial charge in [0.15, 0.2) is 0 Å². The molecule has 0 N–H and O–H groups in total. The van der Waals surface area contributed by atoms with Crippen LogP contribution in [0.2, 0.25) is 5.02 Å². The van der Waals surface area contributed by atoms with Crippen molar-refractivity contribution < 1.29 is 4.39 Å². The molecule has 0 spiro atoms. The molecule has 1 atom stereocenters. The normalized spacial score (nSPS) is 12.8. The molecule has 1 aromatic heterocycles. The summed E-state index contributed by atoms with van der Waals surface area (Å²) in [4.78, 5) is 4.54. The number of rotatable bonds is 2. The number of nitrogens with zero attached hydrogens (tertiary/aromatic N) is 2. The summed E-state index contributed by atoms with van der Waals surface area (Å²) in [6.07, 6.45) is 0. The summed E-state index contributed by atoms with van der Waals surface area (Å²) in [5.41, 5.74) is 3.13. The highest BCUT2D eigenvalue weighted by Crippen LogP contribution is 2.30. The van der Waals surface area contributed by atoms with E-state index in [1.54, 1.807) is 6.07 Å². The Hall–Kier alpha value is -1.58. The predicted molar refractivity (Wildman–Crippen MR) is 85.0 cm³/mol. The lowest BCUT2D eigenvalue weighted by Crippen LogP contribution is -2.02. The molecule has 0 aliphatic rings. The van der Waals surface area contributed by atoms with Gasteiger partial charge in [0.05, 0.1) is 22.1 Å². The summed E-state index contributed by atoms with van der Waals surface area (Å²) < 4.78 is 15.6. The van der Waals surface area contributed by atoms with Gasteiger partial charge in [0.2, 0.25) is 0 Å². The minimum Gasteiger partial charge on any atom is -0.295 e. The second-order valence-electron chi connectivity index (χ2n) is 5.04. The van der Waals surface area contributed by atoms with E-state index in [2.05, 4.69) is 4.98 Å². The minimum absolute atomic E-state index is 0.290. The van der Waals surface area contributed by atoms with E-state index in [4.69, 9.17) is 23.2 Å². The van der Waals surface area contributed by atoms with Crippen LogP contribution in [0.25, 0.3) is 16.7 Å². The number of hydrogen-bond donors (Lipinski definition) is 0. The van der Waals surface area contributed by atoms with E-state index < -0.39 is 0 Å². The van der Waals surface area contributed by atoms with E-state index >= 15 is 0 Å². The molecular weight excluding hydrogens is 310 g/mol. The van der Waals surface area contributed by atoms with Crippen LogP contribution in [0.1, 0.15) is 23.7 Å². The summed E-state index contributed by atoms with van der Waals surface area (Å²) in [6.45, 7) is 3.69. The van der Waals surface area contributed by atoms with Crippen molar-refractivity contribution in [2.45, 2.75) is 19.2 Å². The summed E-state index contributed by atoms with van der Waals surface area (Å²) >= 11 is 12.3. The first-order chi connectivity index (χ1) is 9.95. The van der Waals surface area contributed by atoms with Crippen molar-refractivity contribution in [3.63, 3.8) is 0 Å². The fourth-order valence-electron chi connectivity index (χ4n) is 2.45. The van der Waals surface area contributed by atoms with Crippen molar-refractivity contribution >= 4 is 34.2 Å². The highest BCUT2D eigenvalue weighted by atomic mass is 35.5. The van der Waals surface area contributed by atoms with E-state index in [-0.39, 0.29) is 11.2 Å². The number of alkyl halides is 1. The molecule has 2 nitrogen and oxygen atoms in total. The van der Waals surface area contributed by atoms with Crippen molar-refractivity contribution in [2.75, 3.05) is 0 Å². The van der Waals surface area contributed by atoms with Crippen molar-refractivity contribution in [1.29, 1.82) is 0 Å². The van der Waals surface area contributed by atoms with Crippen LogP contribution in [0.4, 0.5) is 4.39 Å². The standard InChI is InChI=1S/C16H13Cl2FN2/c1-9-5-12(19)8-13(6-9)21-15-7-11(18)3-4-14(15)20-16(21)10(2)17/h3-8,10H,1-2H3. The van der Waals surface area contributed by atoms with E-state index in [0.717, 1.165) is 16.6 Å². The van der Waals surface area contributed by atoms with Gasteiger partial charge in [-0.3, -0.25) is 4.57 Å². The van der Waals surface area contributed by atoms with Gasteiger partial charge in [-0.15, -0.1) is 11.6 Å². The fourth-order valence-corrected chi connectivity index (χ4v) is 2.76. The number of hydrogen-bond acceptors (Lipinski definition) is 1. The molecule has 0 aliphatic heterocycles. The van der Waals surface area contributed by atoms with Gasteiger partial charge in [-0.25, -0.2) is 9.37 Å². The summed E-state index contributed by atoms with van der Waals surface area (Å²) in [5, 5.41) is 0.297. The molecule has 0 amide bonds. The van der Waals surface area contributed by atoms with Crippen LogP contribution in [-0.2, 0) is 0 Å². The van der Waals surface area contributed by atoms with Crippen LogP contribution < -0.4 is 0 Å². The average Bonchev–Trinajstić information content (AvgIpc) is 2.76. The maximum absolute atomic E-state index is 13.7. The quantitative estimate of drug-likeness (QED) is 0.575. The highest BCUT2D eigenvalue weighted by Gasteiger charge is 2.17. The molecule has 1 unspecified atom stereocenters. The monoisotopic (exact) mass is 322 g/mol. The summed E-state index contributed by atoms with van der Waals surface area (Å²) in [7, 11) is 0. The molecule has 0 aliphatic carbocycles. The first kappa shape index (κ1) is 14.4. The molecule has 3 rings (SSSR count). The lowest BCUT2D eigenvalue weighted by molar-refractivity contribution is 0.625. The molecule has 21 heavy (non-hydrogen) atoms. The molecule has 0 saturated carbocycles. The zero-order chi connectivity index (χ0) is 15.1. The average molecular weight is 323 g/mol. The fraction of sp³-hybridized carbons (Fsp3) is 0.188. The van der Waals surface area contributed by atoms with E-state index in [9.17, 15) is 4.39 Å². The first-order valence-electron chi connectivity index (χ1n) is 6.55. The van der Waals surface area contributed by atoms with Gasteiger partial charge >= 0.3 is 0 Å². The summed E-state index contributed by atoms with van der Waals surface area (Å²) in [5.74, 6) is 0.376. The van der Waals surface area contributed by atoms with Crippen molar-refractivity contribution in [3.8, 4) is 5.69 Å². The Morgan fingerprint density at radius 1 is 1.19 bits per heavy atom. The second-order valence-corrected chi connectivity index (χ2v) is 6.13. The third-order valence-electron chi connectivity index (χ3n) is 3.28. The minimum atomic E-state index is -0.306. The molecule has 0 saturated heterocycles. The number of halogens is 3. The molecule has 108 valence electrons. The summed E-state index contributed by atoms with van der Waals surface area (Å²) in [6, 6.07) is 10.3. The largest absolute Gasteiger partial charge is 0.295 e. The van der Waals surface area contributed by atoms with Gasteiger partial charge in [0, 0.05) is 5.02 Å². The van der Waals surface area contributed by atoms with Gasteiger partial charge in [-0.1, -0.05) is 11.6 Å². The number of aromatic nitrogens is 2. The van der Waals surface area contributed by atoms with Crippen LogP contribution in [0, 0.1) is 12.7 Å². The number of imidazole rings is 1. The molecule has 5 heteroatoms. The molecule has 0 fully saturated rings. The Morgan fingerprint density at radius 3 is 2.62 bits per heavy atom. The number of fused-ring (bicyclic) bond motifs is 1. The Labute approximate surface area is 132 Å². The third-order valence-corrected chi connectivity index (χ3v) is 3.71. The molecule has 0 radical (unpaired) electrons.